The number of benzene rings is 2. The van der Waals surface area contributed by atoms with Crippen LogP contribution in [-0.4, -0.2) is 27.2 Å². The standard InChI is InChI=1S/C26H21F3N4O2/c1-3-35-24(34)25(2,14-17-5-4-6-18(13-17)15-30)22-11-12-31-23-21(16-32-33(22)23)19-7-9-20(10-8-19)26(27,28)29/h4-13,16H,3,14H2,1-2H3. The average Bonchev–Trinajstić information content (AvgIpc) is 3.28. The molecule has 0 fully saturated rings. The molecule has 2 aromatic carbocycles. The fraction of sp³-hybridized carbons (Fsp3) is 0.231. The maximum absolute atomic E-state index is 13.2. The molecule has 0 bridgehead atoms. The van der Waals surface area contributed by atoms with Crippen molar-refractivity contribution in [1.29, 1.82) is 5.26 Å². The molecule has 0 aliphatic rings. The maximum Gasteiger partial charge on any atom is 0.416 e. The molecule has 35 heavy (non-hydrogen) atoms. The Labute approximate surface area is 199 Å². The Bertz CT molecular complexity index is 1420. The summed E-state index contributed by atoms with van der Waals surface area (Å²) in [6.45, 7) is 3.63. The number of halogens is 3. The molecule has 0 amide bonds. The van der Waals surface area contributed by atoms with Gasteiger partial charge in [-0.25, -0.2) is 9.50 Å². The predicted octanol–water partition coefficient (Wildman–Crippen LogP) is 5.35. The number of aromatic nitrogens is 3. The first-order valence-electron chi connectivity index (χ1n) is 10.8. The van der Waals surface area contributed by atoms with Gasteiger partial charge in [0.15, 0.2) is 5.65 Å². The van der Waals surface area contributed by atoms with Crippen LogP contribution in [-0.2, 0) is 27.5 Å². The van der Waals surface area contributed by atoms with E-state index < -0.39 is 23.1 Å². The van der Waals surface area contributed by atoms with E-state index in [1.54, 1.807) is 38.1 Å². The second-order valence-corrected chi connectivity index (χ2v) is 8.24. The summed E-state index contributed by atoms with van der Waals surface area (Å²) in [6, 6.07) is 15.5. The molecule has 0 spiro atoms. The molecule has 0 N–H and O–H groups in total. The van der Waals surface area contributed by atoms with E-state index in [0.717, 1.165) is 17.7 Å². The molecule has 2 heterocycles. The number of hydrogen-bond acceptors (Lipinski definition) is 5. The minimum absolute atomic E-state index is 0.177. The van der Waals surface area contributed by atoms with Crippen molar-refractivity contribution in [3.8, 4) is 17.2 Å². The van der Waals surface area contributed by atoms with Gasteiger partial charge in [-0.1, -0.05) is 24.3 Å². The molecule has 1 unspecified atom stereocenters. The van der Waals surface area contributed by atoms with Crippen LogP contribution < -0.4 is 0 Å². The lowest BCUT2D eigenvalue weighted by Crippen LogP contribution is -2.38. The summed E-state index contributed by atoms with van der Waals surface area (Å²) in [5.41, 5.74) is 1.23. The van der Waals surface area contributed by atoms with E-state index >= 15 is 0 Å². The zero-order valence-corrected chi connectivity index (χ0v) is 19.0. The first-order chi connectivity index (χ1) is 16.7. The molecule has 0 aliphatic heterocycles. The summed E-state index contributed by atoms with van der Waals surface area (Å²) in [6.07, 6.45) is -1.16. The molecule has 6 nitrogen and oxygen atoms in total. The topological polar surface area (TPSA) is 80.3 Å². The summed E-state index contributed by atoms with van der Waals surface area (Å²) < 4.78 is 45.8. The van der Waals surface area contributed by atoms with Crippen molar-refractivity contribution in [3.05, 3.63) is 89.4 Å². The highest BCUT2D eigenvalue weighted by molar-refractivity contribution is 5.84. The van der Waals surface area contributed by atoms with E-state index in [0.29, 0.717) is 28.0 Å². The quantitative estimate of drug-likeness (QED) is 0.349. The lowest BCUT2D eigenvalue weighted by Gasteiger charge is -2.28. The van der Waals surface area contributed by atoms with Gasteiger partial charge < -0.3 is 4.74 Å². The molecule has 4 aromatic rings. The highest BCUT2D eigenvalue weighted by Gasteiger charge is 2.40. The van der Waals surface area contributed by atoms with Crippen LogP contribution in [0, 0.1) is 11.3 Å². The fourth-order valence-corrected chi connectivity index (χ4v) is 4.07. The lowest BCUT2D eigenvalue weighted by atomic mass is 9.80. The van der Waals surface area contributed by atoms with Gasteiger partial charge >= 0.3 is 12.1 Å². The van der Waals surface area contributed by atoms with Crippen molar-refractivity contribution in [2.45, 2.75) is 31.9 Å². The third-order valence-corrected chi connectivity index (χ3v) is 5.83. The van der Waals surface area contributed by atoms with Crippen LogP contribution in [0.1, 0.15) is 36.2 Å². The van der Waals surface area contributed by atoms with Gasteiger partial charge in [0, 0.05) is 11.8 Å². The maximum atomic E-state index is 13.2. The van der Waals surface area contributed by atoms with Gasteiger partial charge in [0.1, 0.15) is 5.41 Å². The largest absolute Gasteiger partial charge is 0.465 e. The number of carbonyl (C=O) groups excluding carboxylic acids is 1. The zero-order chi connectivity index (χ0) is 25.2. The molecule has 2 aromatic heterocycles. The van der Waals surface area contributed by atoms with Crippen LogP contribution in [0.2, 0.25) is 0 Å². The molecule has 9 heteroatoms. The Hall–Kier alpha value is -4.19. The second-order valence-electron chi connectivity index (χ2n) is 8.24. The number of nitriles is 1. The van der Waals surface area contributed by atoms with Crippen molar-refractivity contribution in [3.63, 3.8) is 0 Å². The number of ether oxygens (including phenoxy) is 1. The van der Waals surface area contributed by atoms with Gasteiger partial charge in [0.2, 0.25) is 0 Å². The van der Waals surface area contributed by atoms with Crippen molar-refractivity contribution in [1.82, 2.24) is 14.6 Å². The van der Waals surface area contributed by atoms with Crippen LogP contribution >= 0.6 is 0 Å². The Morgan fingerprint density at radius 1 is 1.14 bits per heavy atom. The average molecular weight is 478 g/mol. The van der Waals surface area contributed by atoms with Gasteiger partial charge in [0.05, 0.1) is 35.7 Å². The second kappa shape index (κ2) is 9.22. The Balaban J connectivity index is 1.82. The number of hydrogen-bond donors (Lipinski definition) is 0. The summed E-state index contributed by atoms with van der Waals surface area (Å²) in [7, 11) is 0. The van der Waals surface area contributed by atoms with E-state index in [-0.39, 0.29) is 13.0 Å². The third-order valence-electron chi connectivity index (χ3n) is 5.83. The van der Waals surface area contributed by atoms with Crippen molar-refractivity contribution in [2.24, 2.45) is 0 Å². The number of alkyl halides is 3. The summed E-state index contributed by atoms with van der Waals surface area (Å²) >= 11 is 0. The smallest absolute Gasteiger partial charge is 0.416 e. The van der Waals surface area contributed by atoms with E-state index in [9.17, 15) is 23.2 Å². The van der Waals surface area contributed by atoms with Crippen LogP contribution in [0.15, 0.2) is 67.0 Å². The SMILES string of the molecule is CCOC(=O)C(C)(Cc1cccc(C#N)c1)c1ccnc2c(-c3ccc(C(F)(F)F)cc3)cnn12. The van der Waals surface area contributed by atoms with E-state index in [4.69, 9.17) is 4.74 Å². The van der Waals surface area contributed by atoms with Gasteiger partial charge in [-0.05, 0) is 61.7 Å². The summed E-state index contributed by atoms with van der Waals surface area (Å²) in [5.74, 6) is -0.471. The van der Waals surface area contributed by atoms with Gasteiger partial charge in [-0.15, -0.1) is 0 Å². The summed E-state index contributed by atoms with van der Waals surface area (Å²) in [4.78, 5) is 17.6. The minimum atomic E-state index is -4.44. The van der Waals surface area contributed by atoms with E-state index in [1.807, 2.05) is 6.07 Å². The number of esters is 1. The molecular formula is C26H21F3N4O2. The molecule has 0 saturated heterocycles. The highest BCUT2D eigenvalue weighted by Crippen LogP contribution is 2.34. The first kappa shape index (κ1) is 24.0. The van der Waals surface area contributed by atoms with Crippen LogP contribution in [0.3, 0.4) is 0 Å². The van der Waals surface area contributed by atoms with Gasteiger partial charge in [-0.3, -0.25) is 4.79 Å². The Morgan fingerprint density at radius 3 is 2.54 bits per heavy atom. The van der Waals surface area contributed by atoms with Crippen molar-refractivity contribution in [2.75, 3.05) is 6.61 Å². The first-order valence-corrected chi connectivity index (χ1v) is 10.8. The number of carbonyl (C=O) groups is 1. The number of fused-ring (bicyclic) bond motifs is 1. The normalized spacial score (nSPS) is 13.3. The van der Waals surface area contributed by atoms with Crippen LogP contribution in [0.25, 0.3) is 16.8 Å². The molecule has 178 valence electrons. The Kier molecular flexibility index (Phi) is 6.31. The van der Waals surface area contributed by atoms with Crippen LogP contribution in [0.4, 0.5) is 13.2 Å². The zero-order valence-electron chi connectivity index (χ0n) is 19.0. The summed E-state index contributed by atoms with van der Waals surface area (Å²) in [5, 5.41) is 13.7. The predicted molar refractivity (Wildman–Crippen MR) is 122 cm³/mol. The molecule has 0 saturated carbocycles. The number of rotatable bonds is 6. The molecule has 0 aliphatic carbocycles. The molecule has 4 rings (SSSR count). The monoisotopic (exact) mass is 478 g/mol. The minimum Gasteiger partial charge on any atom is -0.465 e. The van der Waals surface area contributed by atoms with Crippen molar-refractivity contribution < 1.29 is 22.7 Å². The molecule has 0 radical (unpaired) electrons. The van der Waals surface area contributed by atoms with E-state index in [1.165, 1.54) is 29.0 Å². The van der Waals surface area contributed by atoms with Crippen LogP contribution in [0.5, 0.6) is 0 Å². The van der Waals surface area contributed by atoms with Gasteiger partial charge in [-0.2, -0.15) is 23.5 Å². The lowest BCUT2D eigenvalue weighted by molar-refractivity contribution is -0.149. The van der Waals surface area contributed by atoms with E-state index in [2.05, 4.69) is 16.2 Å². The molecule has 1 atom stereocenters. The Morgan fingerprint density at radius 2 is 1.89 bits per heavy atom. The highest BCUT2D eigenvalue weighted by atomic mass is 19.4. The van der Waals surface area contributed by atoms with Gasteiger partial charge in [0.25, 0.3) is 0 Å². The number of nitrogens with zero attached hydrogens (tertiary/aromatic N) is 4. The third kappa shape index (κ3) is 4.60. The molecular weight excluding hydrogens is 457 g/mol. The fourth-order valence-electron chi connectivity index (χ4n) is 4.07. The van der Waals surface area contributed by atoms with Crippen molar-refractivity contribution >= 4 is 11.6 Å².